The van der Waals surface area contributed by atoms with Crippen LogP contribution in [0.5, 0.6) is 0 Å². The Balaban J connectivity index is 0.000000116. The molecule has 2 N–H and O–H groups in total. The number of halogens is 3. The fraction of sp³-hybridized carbons (Fsp3) is 0. The van der Waals surface area contributed by atoms with Crippen LogP contribution in [0.3, 0.4) is 0 Å². The van der Waals surface area contributed by atoms with Gasteiger partial charge in [-0.2, -0.15) is 0 Å². The standard InChI is InChI=1S/C30H19Br.C18H13BO2.4C18H15P.C12H8Br2.Pd/c31-24-10-6-9-22(18-24)20-7-5-8-21(17-20)23-15-16-29-27-13-2-1-11-25(27)26-12-3-4-14-28(26)30(29)19-23;20-19(21)12-9-10-17-15-7-2-1-5-13(15)14-6-3-4-8-16(14)18(17)11-12;4*1-4-10-16(11-5-1)19(17-12-6-2-7-13-17)18-14-8-3-9-15-18;13-11-5-1-3-9(7-11)10-4-2-6-12(14)8-10;/h1-19H;1-11,20-21H;4*1-15H;1-8H;. The van der Waals surface area contributed by atoms with E-state index in [0.717, 1.165) is 29.6 Å². The van der Waals surface area contributed by atoms with E-state index in [0.29, 0.717) is 5.46 Å². The topological polar surface area (TPSA) is 40.5 Å². The summed E-state index contributed by atoms with van der Waals surface area (Å²) in [5.74, 6) is 0. The first-order chi connectivity index (χ1) is 70.1. The van der Waals surface area contributed by atoms with Gasteiger partial charge >= 0.3 is 7.12 Å². The maximum absolute atomic E-state index is 9.42. The summed E-state index contributed by atoms with van der Waals surface area (Å²) in [5, 5.41) is 50.4. The average Bonchev–Trinajstić information content (AvgIpc) is 0.736. The third kappa shape index (κ3) is 26.2. The van der Waals surface area contributed by atoms with Crippen molar-refractivity contribution in [3.8, 4) is 33.4 Å². The fourth-order valence-electron chi connectivity index (χ4n) is 17.8. The summed E-state index contributed by atoms with van der Waals surface area (Å²) in [6.45, 7) is 0. The van der Waals surface area contributed by atoms with Crippen LogP contribution < -0.4 is 69.1 Å². The molecule has 0 saturated heterocycles. The summed E-state index contributed by atoms with van der Waals surface area (Å²) in [5.41, 5.74) is 7.88. The molecule has 0 unspecified atom stereocenters. The number of hydrogen-bond donors (Lipinski definition) is 2. The van der Waals surface area contributed by atoms with E-state index in [9.17, 15) is 10.0 Å². The van der Waals surface area contributed by atoms with E-state index in [1.54, 1.807) is 6.07 Å². The zero-order chi connectivity index (χ0) is 96.8. The number of hydrogen-bond acceptors (Lipinski definition) is 2. The predicted molar refractivity (Wildman–Crippen MR) is 634 cm³/mol. The van der Waals surface area contributed by atoms with Crippen molar-refractivity contribution in [2.24, 2.45) is 0 Å². The van der Waals surface area contributed by atoms with Crippen molar-refractivity contribution in [2.45, 2.75) is 0 Å². The van der Waals surface area contributed by atoms with Gasteiger partial charge in [0, 0.05) is 33.8 Å². The van der Waals surface area contributed by atoms with E-state index in [-0.39, 0.29) is 20.4 Å². The van der Waals surface area contributed by atoms with Crippen LogP contribution in [0.25, 0.3) is 98.0 Å². The van der Waals surface area contributed by atoms with Crippen molar-refractivity contribution in [3.63, 3.8) is 0 Å². The normalized spacial score (nSPS) is 10.7. The van der Waals surface area contributed by atoms with Gasteiger partial charge in [0.25, 0.3) is 0 Å². The van der Waals surface area contributed by atoms with Crippen LogP contribution in [-0.4, -0.2) is 17.2 Å². The van der Waals surface area contributed by atoms with Gasteiger partial charge in [-0.3, -0.25) is 0 Å². The van der Waals surface area contributed by atoms with Crippen molar-refractivity contribution in [3.05, 3.63) is 608 Å². The fourth-order valence-corrected chi connectivity index (χ4v) is 28.2. The predicted octanol–water partition coefficient (Wildman–Crippen LogP) is 30.7. The summed E-state index contributed by atoms with van der Waals surface area (Å²) in [6.07, 6.45) is 0. The monoisotopic (exact) mass is 2190 g/mol. The first-order valence-electron chi connectivity index (χ1n) is 47.3. The van der Waals surface area contributed by atoms with Gasteiger partial charge in [-0.05, 0) is 247 Å². The van der Waals surface area contributed by atoms with E-state index in [1.807, 2.05) is 60.7 Å². The van der Waals surface area contributed by atoms with Gasteiger partial charge in [-0.15, -0.1) is 0 Å². The second kappa shape index (κ2) is 51.6. The van der Waals surface area contributed by atoms with Gasteiger partial charge in [0.1, 0.15) is 0 Å². The molecule has 24 aromatic carbocycles. The third-order valence-corrected chi connectivity index (χ3v) is 35.6. The zero-order valence-electron chi connectivity index (χ0n) is 78.3. The van der Waals surface area contributed by atoms with E-state index in [1.165, 1.54) is 146 Å². The molecule has 143 heavy (non-hydrogen) atoms. The average molecular weight is 2200 g/mol. The molecule has 24 aromatic rings. The Bertz CT molecular complexity index is 7190. The molecule has 11 heteroatoms. The van der Waals surface area contributed by atoms with Crippen molar-refractivity contribution in [1.29, 1.82) is 0 Å². The van der Waals surface area contributed by atoms with Gasteiger partial charge in [0.15, 0.2) is 0 Å². The quantitative estimate of drug-likeness (QED) is 0.0575. The Morgan fingerprint density at radius 2 is 0.287 bits per heavy atom. The second-order valence-electron chi connectivity index (χ2n) is 33.6. The zero-order valence-corrected chi connectivity index (χ0v) is 88.2. The molecule has 24 rings (SSSR count). The van der Waals surface area contributed by atoms with E-state index < -0.39 is 38.8 Å². The van der Waals surface area contributed by atoms with E-state index >= 15 is 0 Å². The maximum atomic E-state index is 9.42. The van der Waals surface area contributed by atoms with Crippen molar-refractivity contribution in [1.82, 2.24) is 0 Å². The summed E-state index contributed by atoms with van der Waals surface area (Å²) < 4.78 is 3.31. The molecule has 694 valence electrons. The van der Waals surface area contributed by atoms with Crippen LogP contribution in [0.2, 0.25) is 0 Å². The molecule has 0 aromatic heterocycles. The Morgan fingerprint density at radius 3 is 0.483 bits per heavy atom. The van der Waals surface area contributed by atoms with Crippen LogP contribution in [-0.2, 0) is 20.4 Å². The molecule has 0 heterocycles. The molecule has 0 fully saturated rings. The molecule has 0 radical (unpaired) electrons. The molecule has 0 aliphatic carbocycles. The first-order valence-corrected chi connectivity index (χ1v) is 55.1. The van der Waals surface area contributed by atoms with Crippen LogP contribution in [0.4, 0.5) is 0 Å². The Morgan fingerprint density at radius 1 is 0.133 bits per heavy atom. The molecule has 2 nitrogen and oxygen atoms in total. The Hall–Kier alpha value is -13.4. The van der Waals surface area contributed by atoms with E-state index in [4.69, 9.17) is 0 Å². The van der Waals surface area contributed by atoms with E-state index in [2.05, 4.69) is 576 Å². The Labute approximate surface area is 883 Å². The SMILES string of the molecule is Brc1cccc(-c2cccc(-c3ccc4c5ccccc5c5ccccc5c4c3)c2)c1.Brc1cccc(-c2cccc(Br)c2)c1.OB(O)c1ccc2c3ccccc3c3ccccc3c2c1.[Pd].c1ccc(P(c2ccccc2)c2ccccc2)cc1.c1ccc(P(c2ccccc2)c2ccccc2)cc1.c1ccc(P(c2ccccc2)c2ccccc2)cc1.c1ccc(P(c2ccccc2)c2ccccc2)cc1. The van der Waals surface area contributed by atoms with Gasteiger partial charge in [0.05, 0.1) is 0 Å². The number of fused-ring (bicyclic) bond motifs is 12. The minimum Gasteiger partial charge on any atom is -0.423 e. The van der Waals surface area contributed by atoms with Crippen LogP contribution in [0.1, 0.15) is 0 Å². The van der Waals surface area contributed by atoms with Gasteiger partial charge in [0.2, 0.25) is 0 Å². The van der Waals surface area contributed by atoms with Crippen LogP contribution in [0, 0.1) is 0 Å². The molecule has 0 amide bonds. The van der Waals surface area contributed by atoms with Crippen molar-refractivity contribution in [2.75, 3.05) is 0 Å². The molecule has 0 bridgehead atoms. The van der Waals surface area contributed by atoms with Gasteiger partial charge < -0.3 is 10.0 Å². The first kappa shape index (κ1) is 101. The van der Waals surface area contributed by atoms with Crippen LogP contribution in [0.15, 0.2) is 608 Å². The molecular formula is C132H100BBr3O2P4Pd. The molecule has 0 spiro atoms. The van der Waals surface area contributed by atoms with Gasteiger partial charge in [-0.25, -0.2) is 0 Å². The summed E-state index contributed by atoms with van der Waals surface area (Å²) in [6, 6.07) is 210. The summed E-state index contributed by atoms with van der Waals surface area (Å²) in [7, 11) is -3.23. The largest absolute Gasteiger partial charge is 0.488 e. The maximum Gasteiger partial charge on any atom is 0.488 e. The van der Waals surface area contributed by atoms with Gasteiger partial charge in [-0.1, -0.05) is 594 Å². The smallest absolute Gasteiger partial charge is 0.423 e. The van der Waals surface area contributed by atoms with Crippen molar-refractivity contribution >= 4 is 220 Å². The van der Waals surface area contributed by atoms with Crippen molar-refractivity contribution < 1.29 is 30.5 Å². The van der Waals surface area contributed by atoms with Crippen LogP contribution >= 0.6 is 79.5 Å². The summed E-state index contributed by atoms with van der Waals surface area (Å²) in [4.78, 5) is 0. The minimum absolute atomic E-state index is 0. The molecular weight excluding hydrogens is 2100 g/mol. The third-order valence-electron chi connectivity index (χ3n) is 24.3. The number of rotatable bonds is 16. The Kier molecular flexibility index (Phi) is 36.5. The minimum atomic E-state index is -1.44. The molecule has 0 saturated carbocycles. The number of benzene rings is 24. The molecule has 0 atom stereocenters. The second-order valence-corrected chi connectivity index (χ2v) is 45.2. The molecule has 0 aliphatic heterocycles. The summed E-state index contributed by atoms with van der Waals surface area (Å²) >= 11 is 10.5. The molecule has 0 aliphatic rings.